The number of aromatic nitrogens is 2. The smallest absolute Gasteiger partial charge is 0.253 e. The molecule has 1 aromatic heterocycles. The van der Waals surface area contributed by atoms with Crippen molar-refractivity contribution in [2.24, 2.45) is 0 Å². The van der Waals surface area contributed by atoms with E-state index < -0.39 is 10.0 Å². The second-order valence-corrected chi connectivity index (χ2v) is 5.99. The molecule has 8 heteroatoms. The number of carbonyl (C=O) groups excluding carboxylic acids is 1. The van der Waals surface area contributed by atoms with Gasteiger partial charge in [0.15, 0.2) is 0 Å². The minimum Gasteiger partial charge on any atom is -0.351 e. The van der Waals surface area contributed by atoms with E-state index >= 15 is 0 Å². The van der Waals surface area contributed by atoms with Gasteiger partial charge in [-0.05, 0) is 12.1 Å². The molecule has 1 aromatic carbocycles. The molecule has 2 N–H and O–H groups in total. The summed E-state index contributed by atoms with van der Waals surface area (Å²) in [5.74, 6) is -0.314. The van der Waals surface area contributed by atoms with E-state index in [-0.39, 0.29) is 19.0 Å². The lowest BCUT2D eigenvalue weighted by atomic mass is 10.1. The summed E-state index contributed by atoms with van der Waals surface area (Å²) >= 11 is 0. The van der Waals surface area contributed by atoms with Crippen LogP contribution in [-0.4, -0.2) is 43.6 Å². The normalized spacial score (nSPS) is 11.4. The maximum absolute atomic E-state index is 12.0. The average Bonchev–Trinajstić information content (AvgIpc) is 2.41. The standard InChI is InChI=1S/C12H14N4O3S/c1-20(18,19)16-8-7-15-12(17)9-3-2-4-10-11(9)14-6-5-13-10/h2-6,16H,7-8H2,1H3,(H,15,17). The van der Waals surface area contributed by atoms with Gasteiger partial charge in [0.05, 0.1) is 17.3 Å². The predicted octanol–water partition coefficient (Wildman–Crippen LogP) is -0.0912. The molecular weight excluding hydrogens is 280 g/mol. The SMILES string of the molecule is CS(=O)(=O)NCCNC(=O)c1cccc2nccnc12. The summed E-state index contributed by atoms with van der Waals surface area (Å²) in [4.78, 5) is 20.3. The van der Waals surface area contributed by atoms with Gasteiger partial charge in [0, 0.05) is 25.5 Å². The summed E-state index contributed by atoms with van der Waals surface area (Å²) in [6.07, 6.45) is 4.14. The number of sulfonamides is 1. The van der Waals surface area contributed by atoms with Crippen LogP contribution in [0.2, 0.25) is 0 Å². The van der Waals surface area contributed by atoms with Crippen molar-refractivity contribution in [1.82, 2.24) is 20.0 Å². The number of para-hydroxylation sites is 1. The van der Waals surface area contributed by atoms with Crippen molar-refractivity contribution in [3.63, 3.8) is 0 Å². The van der Waals surface area contributed by atoms with Crippen LogP contribution in [0.5, 0.6) is 0 Å². The zero-order valence-corrected chi connectivity index (χ0v) is 11.6. The number of fused-ring (bicyclic) bond motifs is 1. The van der Waals surface area contributed by atoms with E-state index in [0.29, 0.717) is 16.6 Å². The first-order valence-corrected chi connectivity index (χ1v) is 7.79. The molecule has 0 spiro atoms. The van der Waals surface area contributed by atoms with E-state index in [1.807, 2.05) is 0 Å². The highest BCUT2D eigenvalue weighted by Gasteiger charge is 2.10. The Morgan fingerprint density at radius 1 is 1.20 bits per heavy atom. The summed E-state index contributed by atoms with van der Waals surface area (Å²) < 4.78 is 24.1. The zero-order chi connectivity index (χ0) is 14.6. The maximum Gasteiger partial charge on any atom is 0.253 e. The van der Waals surface area contributed by atoms with Crippen molar-refractivity contribution in [3.05, 3.63) is 36.2 Å². The molecule has 0 aliphatic rings. The number of hydrogen-bond acceptors (Lipinski definition) is 5. The largest absolute Gasteiger partial charge is 0.351 e. The number of carbonyl (C=O) groups is 1. The zero-order valence-electron chi connectivity index (χ0n) is 10.8. The fraction of sp³-hybridized carbons (Fsp3) is 0.250. The predicted molar refractivity (Wildman–Crippen MR) is 74.7 cm³/mol. The molecule has 0 bridgehead atoms. The van der Waals surface area contributed by atoms with Crippen LogP contribution in [0.1, 0.15) is 10.4 Å². The first-order chi connectivity index (χ1) is 9.47. The van der Waals surface area contributed by atoms with Crippen LogP contribution >= 0.6 is 0 Å². The van der Waals surface area contributed by atoms with E-state index in [9.17, 15) is 13.2 Å². The maximum atomic E-state index is 12.0. The van der Waals surface area contributed by atoms with E-state index in [1.54, 1.807) is 24.4 Å². The molecule has 0 aliphatic carbocycles. The van der Waals surface area contributed by atoms with Gasteiger partial charge in [-0.3, -0.25) is 14.8 Å². The number of hydrogen-bond donors (Lipinski definition) is 2. The molecule has 1 heterocycles. The Kier molecular flexibility index (Phi) is 4.26. The number of nitrogens with one attached hydrogen (secondary N) is 2. The van der Waals surface area contributed by atoms with Gasteiger partial charge in [-0.2, -0.15) is 0 Å². The second-order valence-electron chi connectivity index (χ2n) is 4.15. The number of rotatable bonds is 5. The average molecular weight is 294 g/mol. The van der Waals surface area contributed by atoms with Crippen molar-refractivity contribution < 1.29 is 13.2 Å². The van der Waals surface area contributed by atoms with Gasteiger partial charge in [0.25, 0.3) is 5.91 Å². The van der Waals surface area contributed by atoms with Crippen molar-refractivity contribution in [3.8, 4) is 0 Å². The third-order valence-corrected chi connectivity index (χ3v) is 3.25. The Morgan fingerprint density at radius 3 is 2.70 bits per heavy atom. The second kappa shape index (κ2) is 5.93. The monoisotopic (exact) mass is 294 g/mol. The molecule has 2 rings (SSSR count). The van der Waals surface area contributed by atoms with Crippen molar-refractivity contribution in [2.75, 3.05) is 19.3 Å². The van der Waals surface area contributed by atoms with Gasteiger partial charge >= 0.3 is 0 Å². The highest BCUT2D eigenvalue weighted by molar-refractivity contribution is 7.88. The van der Waals surface area contributed by atoms with Crippen molar-refractivity contribution in [2.45, 2.75) is 0 Å². The number of nitrogens with zero attached hydrogens (tertiary/aromatic N) is 2. The van der Waals surface area contributed by atoms with Crippen LogP contribution in [0.4, 0.5) is 0 Å². The minimum atomic E-state index is -3.25. The first kappa shape index (κ1) is 14.4. The molecule has 0 fully saturated rings. The third-order valence-electron chi connectivity index (χ3n) is 2.52. The summed E-state index contributed by atoms with van der Waals surface area (Å²) in [6.45, 7) is 0.337. The highest BCUT2D eigenvalue weighted by atomic mass is 32.2. The summed E-state index contributed by atoms with van der Waals surface area (Å²) in [5, 5.41) is 2.63. The fourth-order valence-corrected chi connectivity index (χ4v) is 2.16. The molecule has 7 nitrogen and oxygen atoms in total. The molecule has 1 amide bonds. The van der Waals surface area contributed by atoms with E-state index in [0.717, 1.165) is 6.26 Å². The molecule has 2 aromatic rings. The lowest BCUT2D eigenvalue weighted by Crippen LogP contribution is -2.34. The Morgan fingerprint density at radius 2 is 1.95 bits per heavy atom. The lowest BCUT2D eigenvalue weighted by molar-refractivity contribution is 0.0956. The lowest BCUT2D eigenvalue weighted by Gasteiger charge is -2.07. The molecule has 20 heavy (non-hydrogen) atoms. The molecule has 106 valence electrons. The van der Waals surface area contributed by atoms with Crippen molar-refractivity contribution >= 4 is 27.0 Å². The van der Waals surface area contributed by atoms with Gasteiger partial charge in [-0.15, -0.1) is 0 Å². The molecule has 0 aliphatic heterocycles. The molecule has 0 radical (unpaired) electrons. The van der Waals surface area contributed by atoms with E-state index in [4.69, 9.17) is 0 Å². The van der Waals surface area contributed by atoms with Crippen LogP contribution in [0.15, 0.2) is 30.6 Å². The molecule has 0 unspecified atom stereocenters. The van der Waals surface area contributed by atoms with Crippen LogP contribution in [0, 0.1) is 0 Å². The summed E-state index contributed by atoms with van der Waals surface area (Å²) in [6, 6.07) is 5.14. The van der Waals surface area contributed by atoms with Gasteiger partial charge < -0.3 is 5.32 Å². The molecule has 0 saturated carbocycles. The first-order valence-electron chi connectivity index (χ1n) is 5.90. The summed E-state index contributed by atoms with van der Waals surface area (Å²) in [5.41, 5.74) is 1.56. The van der Waals surface area contributed by atoms with Gasteiger partial charge in [0.2, 0.25) is 10.0 Å². The topological polar surface area (TPSA) is 101 Å². The van der Waals surface area contributed by atoms with Crippen LogP contribution in [0.3, 0.4) is 0 Å². The molecular formula is C12H14N4O3S. The number of amides is 1. The molecule has 0 atom stereocenters. The number of benzene rings is 1. The third kappa shape index (κ3) is 3.72. The van der Waals surface area contributed by atoms with Gasteiger partial charge in [-0.25, -0.2) is 13.1 Å². The van der Waals surface area contributed by atoms with Crippen molar-refractivity contribution in [1.29, 1.82) is 0 Å². The quantitative estimate of drug-likeness (QED) is 0.750. The highest BCUT2D eigenvalue weighted by Crippen LogP contribution is 2.13. The van der Waals surface area contributed by atoms with Gasteiger partial charge in [-0.1, -0.05) is 6.07 Å². The van der Waals surface area contributed by atoms with Crippen LogP contribution in [0.25, 0.3) is 11.0 Å². The van der Waals surface area contributed by atoms with Crippen LogP contribution < -0.4 is 10.0 Å². The fourth-order valence-electron chi connectivity index (χ4n) is 1.68. The molecule has 0 saturated heterocycles. The Bertz CT molecular complexity index is 725. The van der Waals surface area contributed by atoms with E-state index in [1.165, 1.54) is 6.20 Å². The minimum absolute atomic E-state index is 0.140. The van der Waals surface area contributed by atoms with Crippen LogP contribution in [-0.2, 0) is 10.0 Å². The summed E-state index contributed by atoms with van der Waals surface area (Å²) in [7, 11) is -3.25. The Labute approximate surface area is 116 Å². The Hall–Kier alpha value is -2.06. The Balaban J connectivity index is 2.05. The van der Waals surface area contributed by atoms with E-state index in [2.05, 4.69) is 20.0 Å². The van der Waals surface area contributed by atoms with Gasteiger partial charge in [0.1, 0.15) is 5.52 Å².